The SMILES string of the molecule is CC(C)(NC(=O)[C@H](NS(=O)(=O)c1ccc(Oc2ccncc2)cc1)C1CCCCC1)C(=O)NCc1ccc(C(=N)N)cc1.Cl.Cl. The number of pyridine rings is 1. The normalized spacial score (nSPS) is 14.2. The second kappa shape index (κ2) is 16.6. The van der Waals surface area contributed by atoms with E-state index in [2.05, 4.69) is 20.3 Å². The second-order valence-corrected chi connectivity index (χ2v) is 12.9. The smallest absolute Gasteiger partial charge is 0.245 e. The highest BCUT2D eigenvalue weighted by molar-refractivity contribution is 7.89. The fraction of sp³-hybridized carbons (Fsp3) is 0.355. The van der Waals surface area contributed by atoms with Crippen LogP contribution in [0.5, 0.6) is 11.5 Å². The lowest BCUT2D eigenvalue weighted by Crippen LogP contribution is -2.60. The fourth-order valence-electron chi connectivity index (χ4n) is 4.94. The number of aromatic nitrogens is 1. The van der Waals surface area contributed by atoms with Crippen LogP contribution < -0.4 is 25.8 Å². The molecule has 6 N–H and O–H groups in total. The van der Waals surface area contributed by atoms with E-state index in [1.165, 1.54) is 12.1 Å². The van der Waals surface area contributed by atoms with Gasteiger partial charge in [-0.05, 0) is 74.6 Å². The zero-order chi connectivity index (χ0) is 31.0. The van der Waals surface area contributed by atoms with Crippen molar-refractivity contribution in [1.29, 1.82) is 5.41 Å². The summed E-state index contributed by atoms with van der Waals surface area (Å²) in [5.41, 5.74) is 5.55. The summed E-state index contributed by atoms with van der Waals surface area (Å²) in [7, 11) is -4.08. The lowest BCUT2D eigenvalue weighted by molar-refractivity contribution is -0.133. The van der Waals surface area contributed by atoms with Crippen molar-refractivity contribution in [3.05, 3.63) is 84.2 Å². The highest BCUT2D eigenvalue weighted by atomic mass is 35.5. The Bertz CT molecular complexity index is 1530. The first kappa shape index (κ1) is 37.5. The molecule has 11 nitrogen and oxygen atoms in total. The number of hydrogen-bond donors (Lipinski definition) is 5. The summed E-state index contributed by atoms with van der Waals surface area (Å²) < 4.78 is 35.3. The van der Waals surface area contributed by atoms with E-state index in [0.717, 1.165) is 24.8 Å². The predicted molar refractivity (Wildman–Crippen MR) is 177 cm³/mol. The van der Waals surface area contributed by atoms with Gasteiger partial charge in [-0.15, -0.1) is 24.8 Å². The van der Waals surface area contributed by atoms with Crippen LogP contribution in [0.3, 0.4) is 0 Å². The van der Waals surface area contributed by atoms with Crippen LogP contribution in [0, 0.1) is 11.3 Å². The van der Waals surface area contributed by atoms with Crippen LogP contribution >= 0.6 is 24.8 Å². The largest absolute Gasteiger partial charge is 0.457 e. The summed E-state index contributed by atoms with van der Waals surface area (Å²) in [4.78, 5) is 30.7. The van der Waals surface area contributed by atoms with Gasteiger partial charge in [0.15, 0.2) is 0 Å². The number of sulfonamides is 1. The lowest BCUT2D eigenvalue weighted by Gasteiger charge is -2.33. The number of amides is 2. The van der Waals surface area contributed by atoms with Crippen LogP contribution in [-0.2, 0) is 26.2 Å². The molecule has 1 heterocycles. The van der Waals surface area contributed by atoms with E-state index in [1.807, 2.05) is 0 Å². The molecule has 0 aliphatic heterocycles. The van der Waals surface area contributed by atoms with E-state index in [1.54, 1.807) is 74.8 Å². The molecule has 1 aromatic heterocycles. The molecular weight excluding hydrogens is 639 g/mol. The molecule has 2 amide bonds. The summed E-state index contributed by atoms with van der Waals surface area (Å²) in [5.74, 6) is -0.221. The molecule has 4 rings (SSSR count). The maximum atomic E-state index is 13.6. The van der Waals surface area contributed by atoms with Crippen molar-refractivity contribution < 1.29 is 22.7 Å². The first-order chi connectivity index (χ1) is 20.4. The Morgan fingerprint density at radius 2 is 1.53 bits per heavy atom. The number of nitrogen functional groups attached to an aromatic ring is 1. The van der Waals surface area contributed by atoms with E-state index < -0.39 is 33.4 Å². The molecule has 1 aliphatic rings. The number of benzene rings is 2. The Kier molecular flexibility index (Phi) is 13.8. The predicted octanol–water partition coefficient (Wildman–Crippen LogP) is 4.44. The number of carbonyl (C=O) groups is 2. The number of carbonyl (C=O) groups excluding carboxylic acids is 2. The molecule has 14 heteroatoms. The molecule has 0 unspecified atom stereocenters. The molecule has 1 aliphatic carbocycles. The minimum atomic E-state index is -4.08. The van der Waals surface area contributed by atoms with Gasteiger partial charge in [0.25, 0.3) is 0 Å². The third kappa shape index (κ3) is 10.4. The van der Waals surface area contributed by atoms with Gasteiger partial charge in [0, 0.05) is 24.5 Å². The van der Waals surface area contributed by atoms with Crippen molar-refractivity contribution >= 4 is 52.5 Å². The van der Waals surface area contributed by atoms with Crippen LogP contribution in [-0.4, -0.2) is 42.6 Å². The van der Waals surface area contributed by atoms with Crippen LogP contribution in [0.4, 0.5) is 0 Å². The minimum absolute atomic E-state index is 0. The molecule has 0 bridgehead atoms. The van der Waals surface area contributed by atoms with Gasteiger partial charge in [-0.3, -0.25) is 20.0 Å². The molecule has 0 radical (unpaired) electrons. The van der Waals surface area contributed by atoms with Gasteiger partial charge in [-0.2, -0.15) is 4.72 Å². The first-order valence-corrected chi connectivity index (χ1v) is 15.7. The van der Waals surface area contributed by atoms with Crippen molar-refractivity contribution in [3.63, 3.8) is 0 Å². The van der Waals surface area contributed by atoms with Crippen molar-refractivity contribution in [1.82, 2.24) is 20.3 Å². The molecule has 1 fully saturated rings. The van der Waals surface area contributed by atoms with Crippen LogP contribution in [0.1, 0.15) is 57.1 Å². The highest BCUT2D eigenvalue weighted by Crippen LogP contribution is 2.29. The van der Waals surface area contributed by atoms with Gasteiger partial charge in [-0.1, -0.05) is 43.5 Å². The molecule has 0 spiro atoms. The third-order valence-electron chi connectivity index (χ3n) is 7.43. The Morgan fingerprint density at radius 1 is 0.956 bits per heavy atom. The Labute approximate surface area is 276 Å². The summed E-state index contributed by atoms with van der Waals surface area (Å²) in [6.07, 6.45) is 7.39. The second-order valence-electron chi connectivity index (χ2n) is 11.2. The van der Waals surface area contributed by atoms with Gasteiger partial charge >= 0.3 is 0 Å². The average molecular weight is 680 g/mol. The number of amidine groups is 1. The maximum Gasteiger partial charge on any atom is 0.245 e. The molecule has 0 saturated heterocycles. The molecule has 45 heavy (non-hydrogen) atoms. The molecule has 1 atom stereocenters. The number of ether oxygens (including phenoxy) is 1. The van der Waals surface area contributed by atoms with Crippen molar-refractivity contribution in [3.8, 4) is 11.5 Å². The van der Waals surface area contributed by atoms with Crippen LogP contribution in [0.25, 0.3) is 0 Å². The van der Waals surface area contributed by atoms with Crippen molar-refractivity contribution in [2.24, 2.45) is 11.7 Å². The first-order valence-electron chi connectivity index (χ1n) is 14.2. The molecule has 3 aromatic rings. The summed E-state index contributed by atoms with van der Waals surface area (Å²) >= 11 is 0. The van der Waals surface area contributed by atoms with E-state index >= 15 is 0 Å². The zero-order valence-corrected chi connectivity index (χ0v) is 27.6. The summed E-state index contributed by atoms with van der Waals surface area (Å²) in [5, 5.41) is 13.1. The standard InChI is InChI=1S/C31H38N6O5S.2ClH/c1-31(2,30(39)35-20-21-8-10-23(11-9-21)28(32)33)36-29(38)27(22-6-4-3-5-7-22)37-43(40,41)26-14-12-24(13-15-26)42-25-16-18-34-19-17-25;;/h8-19,22,27,37H,3-7,20H2,1-2H3,(H3,32,33)(H,35,39)(H,36,38);2*1H/t27-;;/m1../s1. The minimum Gasteiger partial charge on any atom is -0.457 e. The van der Waals surface area contributed by atoms with Crippen molar-refractivity contribution in [2.45, 2.75) is 69.0 Å². The molecule has 244 valence electrons. The van der Waals surface area contributed by atoms with E-state index in [-0.39, 0.29) is 48.0 Å². The Hall–Kier alpha value is -3.71. The van der Waals surface area contributed by atoms with Gasteiger partial charge in [-0.25, -0.2) is 8.42 Å². The summed E-state index contributed by atoms with van der Waals surface area (Å²) in [6, 6.07) is 15.2. The quantitative estimate of drug-likeness (QED) is 0.139. The van der Waals surface area contributed by atoms with Gasteiger partial charge in [0.2, 0.25) is 21.8 Å². The maximum absolute atomic E-state index is 13.6. The third-order valence-corrected chi connectivity index (χ3v) is 8.88. The average Bonchev–Trinajstić information content (AvgIpc) is 3.00. The van der Waals surface area contributed by atoms with Crippen LogP contribution in [0.15, 0.2) is 78.0 Å². The topological polar surface area (TPSA) is 176 Å². The van der Waals surface area contributed by atoms with E-state index in [0.29, 0.717) is 29.9 Å². The monoisotopic (exact) mass is 678 g/mol. The van der Waals surface area contributed by atoms with Crippen molar-refractivity contribution in [2.75, 3.05) is 0 Å². The number of nitrogens with zero attached hydrogens (tertiary/aromatic N) is 1. The number of nitrogens with two attached hydrogens (primary N) is 1. The van der Waals surface area contributed by atoms with Gasteiger partial charge in [0.1, 0.15) is 28.9 Å². The summed E-state index contributed by atoms with van der Waals surface area (Å²) in [6.45, 7) is 3.36. The van der Waals surface area contributed by atoms with Gasteiger partial charge < -0.3 is 21.1 Å². The number of hydrogen-bond acceptors (Lipinski definition) is 7. The fourth-order valence-corrected chi connectivity index (χ4v) is 6.21. The molecule has 1 saturated carbocycles. The zero-order valence-electron chi connectivity index (χ0n) is 25.1. The van der Waals surface area contributed by atoms with Crippen LogP contribution in [0.2, 0.25) is 0 Å². The van der Waals surface area contributed by atoms with E-state index in [4.69, 9.17) is 15.9 Å². The Balaban J connectivity index is 0.00000353. The number of halogens is 2. The molecular formula is C31H40Cl2N6O5S. The van der Waals surface area contributed by atoms with E-state index in [9.17, 15) is 18.0 Å². The Morgan fingerprint density at radius 3 is 2.11 bits per heavy atom. The molecule has 2 aromatic carbocycles. The lowest BCUT2D eigenvalue weighted by atomic mass is 9.83. The number of rotatable bonds is 12. The number of nitrogens with one attached hydrogen (secondary N) is 4. The van der Waals surface area contributed by atoms with Gasteiger partial charge in [0.05, 0.1) is 4.90 Å². The highest BCUT2D eigenvalue weighted by Gasteiger charge is 2.38.